The van der Waals surface area contributed by atoms with E-state index in [1.807, 2.05) is 0 Å². The number of rotatable bonds is 3. The van der Waals surface area contributed by atoms with Crippen molar-refractivity contribution in [2.24, 2.45) is 5.92 Å². The van der Waals surface area contributed by atoms with Gasteiger partial charge in [-0.05, 0) is 35.2 Å². The maximum absolute atomic E-state index is 9.56. The molecule has 2 nitrogen and oxygen atoms in total. The Balaban J connectivity index is 1.89. The van der Waals surface area contributed by atoms with Crippen LogP contribution in [0.15, 0.2) is 42.5 Å². The molecule has 100 valence electrons. The lowest BCUT2D eigenvalue weighted by atomic mass is 10.0. The Kier molecular flexibility index (Phi) is 3.54. The molecule has 0 bridgehead atoms. The molecule has 0 aliphatic carbocycles. The van der Waals surface area contributed by atoms with Crippen LogP contribution in [0.25, 0.3) is 10.8 Å². The summed E-state index contributed by atoms with van der Waals surface area (Å²) in [4.78, 5) is 2.42. The first-order valence-electron chi connectivity index (χ1n) is 7.11. The third-order valence-electron chi connectivity index (χ3n) is 4.44. The molecule has 0 aromatic heterocycles. The van der Waals surface area contributed by atoms with Gasteiger partial charge in [-0.2, -0.15) is 0 Å². The van der Waals surface area contributed by atoms with Crippen LogP contribution in [-0.2, 0) is 6.54 Å². The van der Waals surface area contributed by atoms with E-state index in [2.05, 4.69) is 54.3 Å². The highest BCUT2D eigenvalue weighted by molar-refractivity contribution is 5.85. The van der Waals surface area contributed by atoms with E-state index >= 15 is 0 Å². The summed E-state index contributed by atoms with van der Waals surface area (Å²) in [6.45, 7) is 4.54. The number of aliphatic hydroxyl groups is 1. The Labute approximate surface area is 114 Å². The number of benzene rings is 2. The molecule has 2 aromatic rings. The zero-order valence-electron chi connectivity index (χ0n) is 11.4. The molecule has 2 unspecified atom stereocenters. The van der Waals surface area contributed by atoms with E-state index in [1.54, 1.807) is 0 Å². The van der Waals surface area contributed by atoms with Crippen molar-refractivity contribution < 1.29 is 5.11 Å². The first-order chi connectivity index (χ1) is 9.29. The molecule has 0 radical (unpaired) electrons. The average molecular weight is 255 g/mol. The summed E-state index contributed by atoms with van der Waals surface area (Å²) in [5.74, 6) is 0.597. The maximum atomic E-state index is 9.56. The van der Waals surface area contributed by atoms with Gasteiger partial charge in [-0.1, -0.05) is 49.4 Å². The fourth-order valence-corrected chi connectivity index (χ4v) is 3.23. The number of hydrogen-bond acceptors (Lipinski definition) is 2. The van der Waals surface area contributed by atoms with Crippen LogP contribution in [0.4, 0.5) is 0 Å². The summed E-state index contributed by atoms with van der Waals surface area (Å²) in [6.07, 6.45) is 1.19. The highest BCUT2D eigenvalue weighted by Crippen LogP contribution is 2.27. The van der Waals surface area contributed by atoms with Crippen molar-refractivity contribution in [3.05, 3.63) is 48.0 Å². The SMILES string of the molecule is CC1CCN(Cc2cccc3ccccc23)C1CO. The van der Waals surface area contributed by atoms with Gasteiger partial charge in [0.15, 0.2) is 0 Å². The van der Waals surface area contributed by atoms with E-state index in [0.29, 0.717) is 12.0 Å². The molecule has 0 spiro atoms. The van der Waals surface area contributed by atoms with Crippen LogP contribution >= 0.6 is 0 Å². The predicted molar refractivity (Wildman–Crippen MR) is 79.0 cm³/mol. The van der Waals surface area contributed by atoms with Gasteiger partial charge in [-0.25, -0.2) is 0 Å². The van der Waals surface area contributed by atoms with Crippen LogP contribution in [0, 0.1) is 5.92 Å². The van der Waals surface area contributed by atoms with Crippen LogP contribution in [-0.4, -0.2) is 29.2 Å². The first-order valence-corrected chi connectivity index (χ1v) is 7.11. The van der Waals surface area contributed by atoms with Gasteiger partial charge in [-0.3, -0.25) is 4.90 Å². The number of likely N-dealkylation sites (tertiary alicyclic amines) is 1. The van der Waals surface area contributed by atoms with Gasteiger partial charge >= 0.3 is 0 Å². The monoisotopic (exact) mass is 255 g/mol. The van der Waals surface area contributed by atoms with Crippen molar-refractivity contribution in [3.63, 3.8) is 0 Å². The molecular formula is C17H21NO. The fourth-order valence-electron chi connectivity index (χ4n) is 3.23. The normalized spacial score (nSPS) is 24.1. The molecule has 1 heterocycles. The summed E-state index contributed by atoms with van der Waals surface area (Å²) in [5.41, 5.74) is 1.37. The Morgan fingerprint density at radius 3 is 2.79 bits per heavy atom. The molecule has 0 saturated carbocycles. The maximum Gasteiger partial charge on any atom is 0.0589 e. The van der Waals surface area contributed by atoms with Crippen molar-refractivity contribution in [2.75, 3.05) is 13.2 Å². The molecule has 2 atom stereocenters. The third kappa shape index (κ3) is 2.38. The van der Waals surface area contributed by atoms with Gasteiger partial charge in [-0.15, -0.1) is 0 Å². The topological polar surface area (TPSA) is 23.5 Å². The molecule has 2 heteroatoms. The largest absolute Gasteiger partial charge is 0.395 e. The van der Waals surface area contributed by atoms with Gasteiger partial charge in [0.25, 0.3) is 0 Å². The lowest BCUT2D eigenvalue weighted by Crippen LogP contribution is -2.34. The van der Waals surface area contributed by atoms with Crippen LogP contribution in [0.3, 0.4) is 0 Å². The number of aliphatic hydroxyl groups excluding tert-OH is 1. The Morgan fingerprint density at radius 1 is 1.16 bits per heavy atom. The lowest BCUT2D eigenvalue weighted by Gasteiger charge is -2.25. The summed E-state index contributed by atoms with van der Waals surface area (Å²) in [7, 11) is 0. The van der Waals surface area contributed by atoms with Crippen molar-refractivity contribution in [1.82, 2.24) is 4.90 Å². The second-order valence-corrected chi connectivity index (χ2v) is 5.62. The summed E-state index contributed by atoms with van der Waals surface area (Å²) < 4.78 is 0. The van der Waals surface area contributed by atoms with Crippen LogP contribution < -0.4 is 0 Å². The Hall–Kier alpha value is -1.38. The van der Waals surface area contributed by atoms with Gasteiger partial charge < -0.3 is 5.11 Å². The van der Waals surface area contributed by atoms with E-state index in [9.17, 15) is 5.11 Å². The molecule has 1 aliphatic heterocycles. The van der Waals surface area contributed by atoms with Gasteiger partial charge in [0.2, 0.25) is 0 Å². The number of nitrogens with zero attached hydrogens (tertiary/aromatic N) is 1. The van der Waals surface area contributed by atoms with Gasteiger partial charge in [0, 0.05) is 12.6 Å². The Morgan fingerprint density at radius 2 is 1.95 bits per heavy atom. The number of fused-ring (bicyclic) bond motifs is 1. The van der Waals surface area contributed by atoms with E-state index in [1.165, 1.54) is 22.8 Å². The molecule has 19 heavy (non-hydrogen) atoms. The molecule has 0 amide bonds. The zero-order chi connectivity index (χ0) is 13.2. The molecule has 1 saturated heterocycles. The van der Waals surface area contributed by atoms with Crippen molar-refractivity contribution in [2.45, 2.75) is 25.9 Å². The minimum Gasteiger partial charge on any atom is -0.395 e. The van der Waals surface area contributed by atoms with Crippen LogP contribution in [0.5, 0.6) is 0 Å². The molecule has 3 rings (SSSR count). The van der Waals surface area contributed by atoms with Crippen molar-refractivity contribution in [1.29, 1.82) is 0 Å². The average Bonchev–Trinajstić information content (AvgIpc) is 2.79. The van der Waals surface area contributed by atoms with Crippen LogP contribution in [0.2, 0.25) is 0 Å². The lowest BCUT2D eigenvalue weighted by molar-refractivity contribution is 0.134. The second-order valence-electron chi connectivity index (χ2n) is 5.62. The highest BCUT2D eigenvalue weighted by Gasteiger charge is 2.30. The standard InChI is InChI=1S/C17H21NO/c1-13-9-10-18(17(13)12-19)11-15-7-4-6-14-5-2-3-8-16(14)15/h2-8,13,17,19H,9-12H2,1H3. The van der Waals surface area contributed by atoms with E-state index in [0.717, 1.165) is 13.1 Å². The van der Waals surface area contributed by atoms with E-state index in [-0.39, 0.29) is 6.61 Å². The third-order valence-corrected chi connectivity index (χ3v) is 4.44. The molecular weight excluding hydrogens is 234 g/mol. The van der Waals surface area contributed by atoms with Gasteiger partial charge in [0.05, 0.1) is 6.61 Å². The smallest absolute Gasteiger partial charge is 0.0589 e. The molecule has 1 N–H and O–H groups in total. The van der Waals surface area contributed by atoms with Crippen molar-refractivity contribution >= 4 is 10.8 Å². The minimum atomic E-state index is 0.270. The summed E-state index contributed by atoms with van der Waals surface area (Å²) in [6, 6.07) is 15.4. The quantitative estimate of drug-likeness (QED) is 0.911. The van der Waals surface area contributed by atoms with E-state index in [4.69, 9.17) is 0 Å². The highest BCUT2D eigenvalue weighted by atomic mass is 16.3. The predicted octanol–water partition coefficient (Wildman–Crippen LogP) is 3.04. The van der Waals surface area contributed by atoms with E-state index < -0.39 is 0 Å². The number of hydrogen-bond donors (Lipinski definition) is 1. The molecule has 1 aliphatic rings. The summed E-state index contributed by atoms with van der Waals surface area (Å²) in [5, 5.41) is 12.2. The Bertz CT molecular complexity index is 561. The van der Waals surface area contributed by atoms with Crippen molar-refractivity contribution in [3.8, 4) is 0 Å². The van der Waals surface area contributed by atoms with Gasteiger partial charge in [0.1, 0.15) is 0 Å². The molecule has 1 fully saturated rings. The molecule has 2 aromatic carbocycles. The van der Waals surface area contributed by atoms with Crippen LogP contribution in [0.1, 0.15) is 18.9 Å². The summed E-state index contributed by atoms with van der Waals surface area (Å²) >= 11 is 0. The second kappa shape index (κ2) is 5.32. The zero-order valence-corrected chi connectivity index (χ0v) is 11.4. The minimum absolute atomic E-state index is 0.270. The fraction of sp³-hybridized carbons (Fsp3) is 0.412. The first kappa shape index (κ1) is 12.6.